The first-order chi connectivity index (χ1) is 25.0. The molecule has 0 saturated carbocycles. The number of carbonyl (C=O) groups excluding carboxylic acids is 2. The number of carbonyl (C=O) groups is 2. The number of hydrogen-bond acceptors (Lipinski definition) is 8. The molecule has 0 aliphatic rings. The van der Waals surface area contributed by atoms with E-state index in [9.17, 15) is 19.0 Å². The van der Waals surface area contributed by atoms with Gasteiger partial charge in [-0.3, -0.25) is 14.2 Å². The predicted octanol–water partition coefficient (Wildman–Crippen LogP) is 10.3. The highest BCUT2D eigenvalue weighted by atomic mass is 31.2. The van der Waals surface area contributed by atoms with Crippen LogP contribution >= 0.6 is 7.82 Å². The molecule has 0 radical (unpaired) electrons. The third kappa shape index (κ3) is 37.5. The summed E-state index contributed by atoms with van der Waals surface area (Å²) in [6.07, 6.45) is 39.6. The van der Waals surface area contributed by atoms with Gasteiger partial charge in [-0.25, -0.2) is 0 Å². The fraction of sp³-hybridized carbons (Fsp3) is 0.714. The Morgan fingerprint density at radius 3 is 1.71 bits per heavy atom. The summed E-state index contributed by atoms with van der Waals surface area (Å²) in [6.45, 7) is 4.01. The molecule has 0 aliphatic heterocycles. The Morgan fingerprint density at radius 2 is 1.12 bits per heavy atom. The number of nitrogens with zero attached hydrogens (tertiary/aromatic N) is 1. The molecule has 0 amide bonds. The predicted molar refractivity (Wildman–Crippen MR) is 213 cm³/mol. The SMILES string of the molecule is CC/C=C/C=C/C=C/C=C/CCCCCCCC(=O)OC[C@H](COP(=O)([O-])OCC[N+](C)(C)C)OC(=O)CCCCC/C=C/CCCCCCCC. The molecule has 0 aromatic rings. The lowest BCUT2D eigenvalue weighted by atomic mass is 10.1. The molecule has 0 aromatic heterocycles. The van der Waals surface area contributed by atoms with E-state index in [4.69, 9.17) is 18.5 Å². The fourth-order valence-corrected chi connectivity index (χ4v) is 5.68. The molecule has 0 N–H and O–H groups in total. The Balaban J connectivity index is 4.49. The van der Waals surface area contributed by atoms with Crippen molar-refractivity contribution in [3.63, 3.8) is 0 Å². The first kappa shape index (κ1) is 49.7. The first-order valence-electron chi connectivity index (χ1n) is 20.0. The van der Waals surface area contributed by atoms with Crippen molar-refractivity contribution >= 4 is 19.8 Å². The fourth-order valence-electron chi connectivity index (χ4n) is 4.95. The van der Waals surface area contributed by atoms with Gasteiger partial charge in [-0.05, 0) is 57.8 Å². The van der Waals surface area contributed by atoms with Crippen LogP contribution in [-0.2, 0) is 32.7 Å². The summed E-state index contributed by atoms with van der Waals surface area (Å²) in [5.74, 6) is -0.887. The van der Waals surface area contributed by atoms with Crippen LogP contribution in [0.5, 0.6) is 0 Å². The Kier molecular flexibility index (Phi) is 33.0. The van der Waals surface area contributed by atoms with Crippen molar-refractivity contribution in [2.45, 2.75) is 148 Å². The monoisotopic (exact) mass is 752 g/mol. The van der Waals surface area contributed by atoms with Gasteiger partial charge in [0.25, 0.3) is 7.82 Å². The maximum Gasteiger partial charge on any atom is 0.306 e. The number of rotatable bonds is 35. The minimum atomic E-state index is -4.63. The van der Waals surface area contributed by atoms with E-state index in [0.717, 1.165) is 64.2 Å². The molecule has 0 aliphatic carbocycles. The van der Waals surface area contributed by atoms with Gasteiger partial charge < -0.3 is 27.9 Å². The van der Waals surface area contributed by atoms with E-state index in [0.29, 0.717) is 23.9 Å². The summed E-state index contributed by atoms with van der Waals surface area (Å²) in [6, 6.07) is 0. The third-order valence-electron chi connectivity index (χ3n) is 8.12. The quantitative estimate of drug-likeness (QED) is 0.0157. The number of hydrogen-bond donors (Lipinski definition) is 0. The normalized spacial score (nSPS) is 14.3. The maximum absolute atomic E-state index is 12.6. The molecule has 0 bridgehead atoms. The summed E-state index contributed by atoms with van der Waals surface area (Å²) >= 11 is 0. The van der Waals surface area contributed by atoms with Gasteiger partial charge in [0, 0.05) is 12.8 Å². The van der Waals surface area contributed by atoms with E-state index in [2.05, 4.69) is 44.2 Å². The molecule has 0 rings (SSSR count). The number of quaternary nitrogens is 1. The zero-order valence-electron chi connectivity index (χ0n) is 33.5. The van der Waals surface area contributed by atoms with E-state index < -0.39 is 32.5 Å². The number of phosphoric acid groups is 1. The maximum atomic E-state index is 12.6. The number of allylic oxidation sites excluding steroid dienone is 10. The average molecular weight is 752 g/mol. The van der Waals surface area contributed by atoms with E-state index in [-0.39, 0.29) is 26.1 Å². The zero-order chi connectivity index (χ0) is 38.6. The molecule has 9 nitrogen and oxygen atoms in total. The second-order valence-corrected chi connectivity index (χ2v) is 15.8. The Hall–Kier alpha value is -2.29. The molecule has 0 heterocycles. The lowest BCUT2D eigenvalue weighted by Crippen LogP contribution is -2.37. The minimum absolute atomic E-state index is 0.0404. The standard InChI is InChI=1S/C42H74NO8P/c1-6-8-10-12-14-16-18-20-21-23-24-26-28-30-32-34-41(44)48-38-40(39-50-52(46,47)49-37-36-43(3,4)5)51-42(45)35-33-31-29-27-25-22-19-17-15-13-11-9-7-2/h8,10,12,14,16,18,20-22,25,40H,6-7,9,11,13,15,17,19,23-24,26-39H2,1-5H3/b10-8+,14-12+,18-16+,21-20+,25-22+/t40-/m1/s1. The van der Waals surface area contributed by atoms with Crippen LogP contribution in [0.15, 0.2) is 60.8 Å². The highest BCUT2D eigenvalue weighted by molar-refractivity contribution is 7.45. The van der Waals surface area contributed by atoms with Gasteiger partial charge in [0.2, 0.25) is 0 Å². The van der Waals surface area contributed by atoms with Crippen molar-refractivity contribution in [2.24, 2.45) is 0 Å². The molecule has 0 spiro atoms. The van der Waals surface area contributed by atoms with Gasteiger partial charge in [0.1, 0.15) is 19.8 Å². The highest BCUT2D eigenvalue weighted by Gasteiger charge is 2.21. The zero-order valence-corrected chi connectivity index (χ0v) is 34.4. The minimum Gasteiger partial charge on any atom is -0.756 e. The molecule has 0 fully saturated rings. The highest BCUT2D eigenvalue weighted by Crippen LogP contribution is 2.38. The van der Waals surface area contributed by atoms with Crippen LogP contribution in [0, 0.1) is 0 Å². The van der Waals surface area contributed by atoms with Gasteiger partial charge in [-0.2, -0.15) is 0 Å². The first-order valence-corrected chi connectivity index (χ1v) is 21.5. The second kappa shape index (κ2) is 34.5. The van der Waals surface area contributed by atoms with E-state index in [1.165, 1.54) is 38.5 Å². The molecular weight excluding hydrogens is 677 g/mol. The molecule has 52 heavy (non-hydrogen) atoms. The van der Waals surface area contributed by atoms with Crippen molar-refractivity contribution in [1.82, 2.24) is 0 Å². The van der Waals surface area contributed by atoms with Gasteiger partial charge in [-0.15, -0.1) is 0 Å². The molecule has 2 atom stereocenters. The molecule has 10 heteroatoms. The third-order valence-corrected chi connectivity index (χ3v) is 9.08. The van der Waals surface area contributed by atoms with E-state index in [1.807, 2.05) is 51.5 Å². The Labute approximate surface area is 317 Å². The number of ether oxygens (including phenoxy) is 2. The number of esters is 2. The van der Waals surface area contributed by atoms with Crippen molar-refractivity contribution < 1.29 is 42.1 Å². The summed E-state index contributed by atoms with van der Waals surface area (Å²) < 4.78 is 33.7. The summed E-state index contributed by atoms with van der Waals surface area (Å²) in [5.41, 5.74) is 0. The van der Waals surface area contributed by atoms with Gasteiger partial charge in [0.05, 0.1) is 27.7 Å². The topological polar surface area (TPSA) is 111 Å². The van der Waals surface area contributed by atoms with Crippen LogP contribution in [0.4, 0.5) is 0 Å². The van der Waals surface area contributed by atoms with Gasteiger partial charge >= 0.3 is 11.9 Å². The average Bonchev–Trinajstić information content (AvgIpc) is 3.09. The van der Waals surface area contributed by atoms with Crippen LogP contribution in [0.25, 0.3) is 0 Å². The van der Waals surface area contributed by atoms with Gasteiger partial charge in [-0.1, -0.05) is 132 Å². The Morgan fingerprint density at radius 1 is 0.615 bits per heavy atom. The molecule has 1 unspecified atom stereocenters. The van der Waals surface area contributed by atoms with Crippen molar-refractivity contribution in [3.05, 3.63) is 60.8 Å². The van der Waals surface area contributed by atoms with E-state index >= 15 is 0 Å². The summed E-state index contributed by atoms with van der Waals surface area (Å²) in [7, 11) is 1.13. The molecule has 0 saturated heterocycles. The number of unbranched alkanes of at least 4 members (excludes halogenated alkanes) is 14. The van der Waals surface area contributed by atoms with Crippen LogP contribution in [0.1, 0.15) is 142 Å². The van der Waals surface area contributed by atoms with Crippen molar-refractivity contribution in [2.75, 3.05) is 47.5 Å². The Bertz CT molecular complexity index is 1080. The lowest BCUT2D eigenvalue weighted by Gasteiger charge is -2.28. The largest absolute Gasteiger partial charge is 0.756 e. The number of phosphoric ester groups is 1. The smallest absolute Gasteiger partial charge is 0.306 e. The van der Waals surface area contributed by atoms with E-state index in [1.54, 1.807) is 0 Å². The molecular formula is C42H74NO8P. The van der Waals surface area contributed by atoms with Gasteiger partial charge in [0.15, 0.2) is 6.10 Å². The van der Waals surface area contributed by atoms with Crippen molar-refractivity contribution in [1.29, 1.82) is 0 Å². The van der Waals surface area contributed by atoms with Crippen LogP contribution in [0.3, 0.4) is 0 Å². The van der Waals surface area contributed by atoms with Crippen LogP contribution in [-0.4, -0.2) is 70.0 Å². The second-order valence-electron chi connectivity index (χ2n) is 14.4. The van der Waals surface area contributed by atoms with Crippen molar-refractivity contribution in [3.8, 4) is 0 Å². The van der Waals surface area contributed by atoms with Crippen LogP contribution < -0.4 is 4.89 Å². The number of likely N-dealkylation sites (N-methyl/N-ethyl adjacent to an activating group) is 1. The molecule has 0 aromatic carbocycles. The summed E-state index contributed by atoms with van der Waals surface area (Å²) in [4.78, 5) is 37.4. The molecule has 300 valence electrons. The lowest BCUT2D eigenvalue weighted by molar-refractivity contribution is -0.870. The summed E-state index contributed by atoms with van der Waals surface area (Å²) in [5, 5.41) is 0. The van der Waals surface area contributed by atoms with Crippen LogP contribution in [0.2, 0.25) is 0 Å².